The number of carbonyl (C=O) groups is 1. The minimum Gasteiger partial charge on any atom is -0.308 e. The molecule has 5 heteroatoms. The number of hydrogen-bond donors (Lipinski definition) is 0. The van der Waals surface area contributed by atoms with Gasteiger partial charge >= 0.3 is 0 Å². The number of nitrogens with zero attached hydrogens (tertiary/aromatic N) is 3. The molecule has 4 nitrogen and oxygen atoms in total. The maximum Gasteiger partial charge on any atom is 0.241 e. The molecule has 2 heterocycles. The van der Waals surface area contributed by atoms with Crippen LogP contribution in [0.4, 0.5) is 5.69 Å². The first kappa shape index (κ1) is 19.4. The van der Waals surface area contributed by atoms with Gasteiger partial charge in [-0.25, -0.2) is 0 Å². The number of halogens is 1. The van der Waals surface area contributed by atoms with Crippen molar-refractivity contribution in [2.24, 2.45) is 0 Å². The maximum absolute atomic E-state index is 13.1. The Bertz CT molecular complexity index is 847. The SMILES string of the molecule is C[C@@H]1c2ccccc2N(C(=O)CN2CCN(Cc3cccc(Cl)c3)CC2)[C@@H]1C. The highest BCUT2D eigenvalue weighted by Crippen LogP contribution is 2.40. The quantitative estimate of drug-likeness (QED) is 0.780. The Morgan fingerprint density at radius 1 is 1.00 bits per heavy atom. The number of carbonyl (C=O) groups excluding carboxylic acids is 1. The van der Waals surface area contributed by atoms with Crippen LogP contribution in [0.3, 0.4) is 0 Å². The van der Waals surface area contributed by atoms with E-state index in [9.17, 15) is 4.79 Å². The topological polar surface area (TPSA) is 26.8 Å². The van der Waals surface area contributed by atoms with Crippen molar-refractivity contribution in [3.05, 3.63) is 64.7 Å². The molecule has 0 N–H and O–H groups in total. The van der Waals surface area contributed by atoms with Crippen molar-refractivity contribution in [2.75, 3.05) is 37.6 Å². The standard InChI is InChI=1S/C23H28ClN3O/c1-17-18(2)27(22-9-4-3-8-21(17)22)23(28)16-26-12-10-25(11-13-26)15-19-6-5-7-20(24)14-19/h3-9,14,17-18H,10-13,15-16H2,1-2H3/t17-,18+/m0/s1. The second kappa shape index (κ2) is 8.24. The smallest absolute Gasteiger partial charge is 0.241 e. The first-order chi connectivity index (χ1) is 13.5. The van der Waals surface area contributed by atoms with Crippen LogP contribution in [0.2, 0.25) is 5.02 Å². The summed E-state index contributed by atoms with van der Waals surface area (Å²) in [6.07, 6.45) is 0. The lowest BCUT2D eigenvalue weighted by molar-refractivity contribution is -0.120. The third-order valence-corrected chi connectivity index (χ3v) is 6.44. The first-order valence-electron chi connectivity index (χ1n) is 10.1. The van der Waals surface area contributed by atoms with Crippen LogP contribution in [-0.2, 0) is 11.3 Å². The van der Waals surface area contributed by atoms with Gasteiger partial charge in [-0.1, -0.05) is 48.9 Å². The lowest BCUT2D eigenvalue weighted by Gasteiger charge is -2.35. The van der Waals surface area contributed by atoms with Gasteiger partial charge in [-0.15, -0.1) is 0 Å². The Morgan fingerprint density at radius 3 is 2.46 bits per heavy atom. The highest BCUT2D eigenvalue weighted by Gasteiger charge is 2.36. The van der Waals surface area contributed by atoms with E-state index in [0.717, 1.165) is 43.4 Å². The van der Waals surface area contributed by atoms with Crippen LogP contribution in [0.15, 0.2) is 48.5 Å². The van der Waals surface area contributed by atoms with Crippen molar-refractivity contribution in [3.8, 4) is 0 Å². The summed E-state index contributed by atoms with van der Waals surface area (Å²) >= 11 is 6.09. The second-order valence-corrected chi connectivity index (χ2v) is 8.47. The molecular formula is C23H28ClN3O. The molecule has 1 amide bonds. The molecule has 0 spiro atoms. The fraction of sp³-hybridized carbons (Fsp3) is 0.435. The number of fused-ring (bicyclic) bond motifs is 1. The molecule has 0 radical (unpaired) electrons. The Balaban J connectivity index is 1.33. The average molecular weight is 398 g/mol. The summed E-state index contributed by atoms with van der Waals surface area (Å²) < 4.78 is 0. The Labute approximate surface area is 172 Å². The van der Waals surface area contributed by atoms with E-state index in [1.165, 1.54) is 11.1 Å². The Hall–Kier alpha value is -1.88. The maximum atomic E-state index is 13.1. The van der Waals surface area contributed by atoms with Crippen LogP contribution in [0.1, 0.15) is 30.9 Å². The zero-order valence-electron chi connectivity index (χ0n) is 16.6. The van der Waals surface area contributed by atoms with Crippen molar-refractivity contribution in [1.82, 2.24) is 9.80 Å². The van der Waals surface area contributed by atoms with E-state index in [4.69, 9.17) is 11.6 Å². The van der Waals surface area contributed by atoms with Crippen LogP contribution < -0.4 is 4.90 Å². The van der Waals surface area contributed by atoms with Crippen molar-refractivity contribution in [2.45, 2.75) is 32.4 Å². The van der Waals surface area contributed by atoms with E-state index < -0.39 is 0 Å². The van der Waals surface area contributed by atoms with E-state index in [1.54, 1.807) is 0 Å². The lowest BCUT2D eigenvalue weighted by Crippen LogP contribution is -2.50. The second-order valence-electron chi connectivity index (χ2n) is 8.03. The summed E-state index contributed by atoms with van der Waals surface area (Å²) in [7, 11) is 0. The van der Waals surface area contributed by atoms with Crippen molar-refractivity contribution >= 4 is 23.2 Å². The van der Waals surface area contributed by atoms with Crippen LogP contribution in [0, 0.1) is 0 Å². The molecule has 2 aromatic carbocycles. The number of anilines is 1. The predicted molar refractivity (Wildman–Crippen MR) is 115 cm³/mol. The largest absolute Gasteiger partial charge is 0.308 e. The van der Waals surface area contributed by atoms with Gasteiger partial charge in [-0.3, -0.25) is 14.6 Å². The minimum absolute atomic E-state index is 0.215. The normalized spacial score (nSPS) is 23.0. The van der Waals surface area contributed by atoms with Crippen LogP contribution in [0.5, 0.6) is 0 Å². The fourth-order valence-corrected chi connectivity index (χ4v) is 4.64. The van der Waals surface area contributed by atoms with Crippen LogP contribution in [-0.4, -0.2) is 54.5 Å². The summed E-state index contributed by atoms with van der Waals surface area (Å²) in [5.74, 6) is 0.599. The van der Waals surface area contributed by atoms with E-state index in [-0.39, 0.29) is 11.9 Å². The van der Waals surface area contributed by atoms with Gasteiger partial charge in [0.25, 0.3) is 0 Å². The van der Waals surface area contributed by atoms with Gasteiger partial charge in [0, 0.05) is 55.4 Å². The molecule has 0 saturated carbocycles. The average Bonchev–Trinajstić information content (AvgIpc) is 2.94. The molecule has 28 heavy (non-hydrogen) atoms. The van der Waals surface area contributed by atoms with Gasteiger partial charge in [0.1, 0.15) is 0 Å². The molecule has 2 aliphatic rings. The van der Waals surface area contributed by atoms with Gasteiger partial charge in [0.2, 0.25) is 5.91 Å². The number of hydrogen-bond acceptors (Lipinski definition) is 3. The number of amides is 1. The molecule has 148 valence electrons. The van der Waals surface area contributed by atoms with Crippen LogP contribution in [0.25, 0.3) is 0 Å². The molecule has 2 aromatic rings. The molecule has 2 aliphatic heterocycles. The minimum atomic E-state index is 0.215. The summed E-state index contributed by atoms with van der Waals surface area (Å²) in [5.41, 5.74) is 3.62. The van der Waals surface area contributed by atoms with E-state index in [0.29, 0.717) is 12.5 Å². The summed E-state index contributed by atoms with van der Waals surface area (Å²) in [6.45, 7) is 9.58. The highest BCUT2D eigenvalue weighted by molar-refractivity contribution is 6.30. The number of benzene rings is 2. The molecule has 4 rings (SSSR count). The third-order valence-electron chi connectivity index (χ3n) is 6.21. The van der Waals surface area contributed by atoms with E-state index in [2.05, 4.69) is 47.9 Å². The molecule has 1 saturated heterocycles. The third kappa shape index (κ3) is 3.95. The van der Waals surface area contributed by atoms with E-state index >= 15 is 0 Å². The van der Waals surface area contributed by atoms with Gasteiger partial charge in [0.15, 0.2) is 0 Å². The number of rotatable bonds is 4. The molecule has 0 unspecified atom stereocenters. The lowest BCUT2D eigenvalue weighted by atomic mass is 9.98. The van der Waals surface area contributed by atoms with Gasteiger partial charge < -0.3 is 4.90 Å². The summed E-state index contributed by atoms with van der Waals surface area (Å²) in [4.78, 5) is 19.8. The monoisotopic (exact) mass is 397 g/mol. The zero-order chi connectivity index (χ0) is 19.7. The summed E-state index contributed by atoms with van der Waals surface area (Å²) in [6, 6.07) is 16.6. The van der Waals surface area contributed by atoms with Gasteiger partial charge in [-0.05, 0) is 36.2 Å². The van der Waals surface area contributed by atoms with Crippen LogP contribution >= 0.6 is 11.6 Å². The fourth-order valence-electron chi connectivity index (χ4n) is 4.42. The van der Waals surface area contributed by atoms with Crippen molar-refractivity contribution in [1.29, 1.82) is 0 Å². The first-order valence-corrected chi connectivity index (χ1v) is 10.5. The molecule has 1 fully saturated rings. The van der Waals surface area contributed by atoms with Crippen molar-refractivity contribution < 1.29 is 4.79 Å². The number of para-hydroxylation sites is 1. The predicted octanol–water partition coefficient (Wildman–Crippen LogP) is 4.00. The summed E-state index contributed by atoms with van der Waals surface area (Å²) in [5, 5.41) is 0.788. The Morgan fingerprint density at radius 2 is 1.71 bits per heavy atom. The zero-order valence-corrected chi connectivity index (χ0v) is 17.4. The highest BCUT2D eigenvalue weighted by atomic mass is 35.5. The van der Waals surface area contributed by atoms with Gasteiger partial charge in [0.05, 0.1) is 6.54 Å². The Kier molecular flexibility index (Phi) is 5.72. The van der Waals surface area contributed by atoms with E-state index in [1.807, 2.05) is 29.2 Å². The van der Waals surface area contributed by atoms with Gasteiger partial charge in [-0.2, -0.15) is 0 Å². The van der Waals surface area contributed by atoms with Crippen molar-refractivity contribution in [3.63, 3.8) is 0 Å². The molecule has 2 atom stereocenters. The molecule has 0 aromatic heterocycles. The number of piperazine rings is 1. The molecule has 0 aliphatic carbocycles. The molecular weight excluding hydrogens is 370 g/mol. The molecule has 0 bridgehead atoms.